The van der Waals surface area contributed by atoms with Gasteiger partial charge in [0.15, 0.2) is 5.11 Å². The summed E-state index contributed by atoms with van der Waals surface area (Å²) in [5.74, 6) is 0.148. The van der Waals surface area contributed by atoms with Crippen LogP contribution in [0.1, 0.15) is 59.7 Å². The zero-order valence-electron chi connectivity index (χ0n) is 17.4. The molecule has 0 aromatic heterocycles. The lowest BCUT2D eigenvalue weighted by Gasteiger charge is -2.23. The quantitative estimate of drug-likeness (QED) is 0.534. The molecule has 2 aromatic rings. The molecule has 0 radical (unpaired) electrons. The number of hydrogen-bond acceptors (Lipinski definition) is 4. The van der Waals surface area contributed by atoms with Crippen molar-refractivity contribution in [2.45, 2.75) is 45.1 Å². The van der Waals surface area contributed by atoms with Gasteiger partial charge in [-0.05, 0) is 74.4 Å². The van der Waals surface area contributed by atoms with E-state index in [0.717, 1.165) is 25.7 Å². The number of anilines is 1. The minimum absolute atomic E-state index is 0.125. The van der Waals surface area contributed by atoms with Crippen LogP contribution in [0.5, 0.6) is 5.75 Å². The summed E-state index contributed by atoms with van der Waals surface area (Å²) >= 11 is 11.5. The molecule has 1 fully saturated rings. The number of halogens is 1. The van der Waals surface area contributed by atoms with E-state index in [1.54, 1.807) is 42.5 Å². The van der Waals surface area contributed by atoms with E-state index in [2.05, 4.69) is 16.0 Å². The second kappa shape index (κ2) is 11.1. The van der Waals surface area contributed by atoms with Crippen LogP contribution in [0.15, 0.2) is 42.5 Å². The Morgan fingerprint density at radius 3 is 2.45 bits per heavy atom. The molecule has 0 bridgehead atoms. The number of nitrogens with one attached hydrogen (secondary N) is 3. The summed E-state index contributed by atoms with van der Waals surface area (Å²) in [6.45, 7) is 2.45. The number of thiocarbonyl (C=S) groups is 1. The highest BCUT2D eigenvalue weighted by Gasteiger charge is 2.19. The standard InChI is InChI=1S/C23H26ClN3O3S/c1-2-30-18-11-8-15(9-12-18)21(28)27-23(31)26-17-10-13-20(24)19(14-17)22(29)25-16-6-4-3-5-7-16/h8-14,16H,2-7H2,1H3,(H,25,29)(H2,26,27,28,31). The molecule has 31 heavy (non-hydrogen) atoms. The molecule has 0 heterocycles. The van der Waals surface area contributed by atoms with Gasteiger partial charge in [-0.15, -0.1) is 0 Å². The molecule has 3 rings (SSSR count). The number of rotatable bonds is 6. The first kappa shape index (κ1) is 23.0. The van der Waals surface area contributed by atoms with Gasteiger partial charge in [0, 0.05) is 17.3 Å². The fraction of sp³-hybridized carbons (Fsp3) is 0.348. The third kappa shape index (κ3) is 6.67. The van der Waals surface area contributed by atoms with Gasteiger partial charge in [-0.2, -0.15) is 0 Å². The average Bonchev–Trinajstić information content (AvgIpc) is 2.76. The minimum atomic E-state index is -0.343. The van der Waals surface area contributed by atoms with Gasteiger partial charge < -0.3 is 15.4 Å². The van der Waals surface area contributed by atoms with Crippen LogP contribution in [-0.4, -0.2) is 29.6 Å². The lowest BCUT2D eigenvalue weighted by molar-refractivity contribution is 0.0926. The Labute approximate surface area is 192 Å². The Bertz CT molecular complexity index is 944. The van der Waals surface area contributed by atoms with Crippen LogP contribution in [0.4, 0.5) is 5.69 Å². The van der Waals surface area contributed by atoms with E-state index < -0.39 is 0 Å². The van der Waals surface area contributed by atoms with Crippen molar-refractivity contribution in [2.75, 3.05) is 11.9 Å². The topological polar surface area (TPSA) is 79.5 Å². The van der Waals surface area contributed by atoms with Crippen LogP contribution in [0.3, 0.4) is 0 Å². The Morgan fingerprint density at radius 2 is 1.77 bits per heavy atom. The number of amides is 2. The van der Waals surface area contributed by atoms with Gasteiger partial charge in [0.05, 0.1) is 17.2 Å². The Hall–Kier alpha value is -2.64. The number of carbonyl (C=O) groups excluding carboxylic acids is 2. The smallest absolute Gasteiger partial charge is 0.257 e. The van der Waals surface area contributed by atoms with E-state index in [4.69, 9.17) is 28.6 Å². The predicted octanol–water partition coefficient (Wildman–Crippen LogP) is 4.93. The first-order chi connectivity index (χ1) is 15.0. The molecule has 0 spiro atoms. The number of hydrogen-bond donors (Lipinski definition) is 3. The van der Waals surface area contributed by atoms with Crippen LogP contribution in [0, 0.1) is 0 Å². The van der Waals surface area contributed by atoms with E-state index in [1.807, 2.05) is 6.92 Å². The summed E-state index contributed by atoms with van der Waals surface area (Å²) in [6, 6.07) is 11.9. The van der Waals surface area contributed by atoms with Crippen LogP contribution in [0.25, 0.3) is 0 Å². The van der Waals surface area contributed by atoms with Crippen molar-refractivity contribution in [3.63, 3.8) is 0 Å². The summed E-state index contributed by atoms with van der Waals surface area (Å²) in [5.41, 5.74) is 1.39. The Kier molecular flexibility index (Phi) is 8.26. The fourth-order valence-electron chi connectivity index (χ4n) is 3.49. The maximum Gasteiger partial charge on any atom is 0.257 e. The molecule has 0 atom stereocenters. The monoisotopic (exact) mass is 459 g/mol. The van der Waals surface area contributed by atoms with Crippen LogP contribution in [0.2, 0.25) is 5.02 Å². The molecule has 1 saturated carbocycles. The summed E-state index contributed by atoms with van der Waals surface area (Å²) in [7, 11) is 0. The molecule has 1 aliphatic carbocycles. The molecule has 0 saturated heterocycles. The van der Waals surface area contributed by atoms with Crippen LogP contribution >= 0.6 is 23.8 Å². The zero-order valence-corrected chi connectivity index (χ0v) is 18.9. The molecule has 2 amide bonds. The first-order valence-electron chi connectivity index (χ1n) is 10.4. The molecule has 6 nitrogen and oxygen atoms in total. The third-order valence-electron chi connectivity index (χ3n) is 5.06. The summed E-state index contributed by atoms with van der Waals surface area (Å²) in [5, 5.41) is 9.12. The first-order valence-corrected chi connectivity index (χ1v) is 11.2. The second-order valence-electron chi connectivity index (χ2n) is 7.37. The van der Waals surface area contributed by atoms with E-state index >= 15 is 0 Å². The Morgan fingerprint density at radius 1 is 1.06 bits per heavy atom. The maximum absolute atomic E-state index is 12.7. The molecule has 0 aliphatic heterocycles. The summed E-state index contributed by atoms with van der Waals surface area (Å²) in [6.07, 6.45) is 5.45. The highest BCUT2D eigenvalue weighted by atomic mass is 35.5. The van der Waals surface area contributed by atoms with E-state index in [-0.39, 0.29) is 23.0 Å². The summed E-state index contributed by atoms with van der Waals surface area (Å²) < 4.78 is 5.38. The maximum atomic E-state index is 12.7. The molecule has 1 aliphatic rings. The molecule has 164 valence electrons. The third-order valence-corrected chi connectivity index (χ3v) is 5.60. The van der Waals surface area contributed by atoms with Crippen molar-refractivity contribution in [1.29, 1.82) is 0 Å². The molecular formula is C23H26ClN3O3S. The van der Waals surface area contributed by atoms with Crippen molar-refractivity contribution in [1.82, 2.24) is 10.6 Å². The molecule has 2 aromatic carbocycles. The largest absolute Gasteiger partial charge is 0.494 e. The molecular weight excluding hydrogens is 434 g/mol. The number of ether oxygens (including phenoxy) is 1. The van der Waals surface area contributed by atoms with Gasteiger partial charge in [-0.3, -0.25) is 14.9 Å². The van der Waals surface area contributed by atoms with Gasteiger partial charge in [0.1, 0.15) is 5.75 Å². The molecule has 8 heteroatoms. The van der Waals surface area contributed by atoms with Crippen molar-refractivity contribution in [2.24, 2.45) is 0 Å². The zero-order chi connectivity index (χ0) is 22.2. The molecule has 3 N–H and O–H groups in total. The lowest BCUT2D eigenvalue weighted by Crippen LogP contribution is -2.36. The van der Waals surface area contributed by atoms with Gasteiger partial charge >= 0.3 is 0 Å². The van der Waals surface area contributed by atoms with E-state index in [1.165, 1.54) is 6.42 Å². The van der Waals surface area contributed by atoms with Gasteiger partial charge in [0.25, 0.3) is 11.8 Å². The van der Waals surface area contributed by atoms with Gasteiger partial charge in [-0.25, -0.2) is 0 Å². The van der Waals surface area contributed by atoms with E-state index in [9.17, 15) is 9.59 Å². The van der Waals surface area contributed by atoms with Crippen molar-refractivity contribution in [3.8, 4) is 5.75 Å². The number of carbonyl (C=O) groups is 2. The van der Waals surface area contributed by atoms with Gasteiger partial charge in [-0.1, -0.05) is 30.9 Å². The minimum Gasteiger partial charge on any atom is -0.494 e. The highest BCUT2D eigenvalue weighted by molar-refractivity contribution is 7.80. The van der Waals surface area contributed by atoms with Gasteiger partial charge in [0.2, 0.25) is 0 Å². The predicted molar refractivity (Wildman–Crippen MR) is 127 cm³/mol. The lowest BCUT2D eigenvalue weighted by atomic mass is 9.95. The van der Waals surface area contributed by atoms with Crippen molar-refractivity contribution < 1.29 is 14.3 Å². The summed E-state index contributed by atoms with van der Waals surface area (Å²) in [4.78, 5) is 25.1. The van der Waals surface area contributed by atoms with Crippen LogP contribution < -0.4 is 20.7 Å². The SMILES string of the molecule is CCOc1ccc(C(=O)NC(=S)Nc2ccc(Cl)c(C(=O)NC3CCCCC3)c2)cc1. The average molecular weight is 460 g/mol. The fourth-order valence-corrected chi connectivity index (χ4v) is 3.91. The Balaban J connectivity index is 1.59. The second-order valence-corrected chi connectivity index (χ2v) is 8.18. The number of benzene rings is 2. The highest BCUT2D eigenvalue weighted by Crippen LogP contribution is 2.23. The van der Waals surface area contributed by atoms with E-state index in [0.29, 0.717) is 34.2 Å². The molecule has 0 unspecified atom stereocenters. The van der Waals surface area contributed by atoms with Crippen molar-refractivity contribution >= 4 is 46.4 Å². The normalized spacial score (nSPS) is 13.9. The van der Waals surface area contributed by atoms with Crippen LogP contribution in [-0.2, 0) is 0 Å². The van der Waals surface area contributed by atoms with Crippen molar-refractivity contribution in [3.05, 3.63) is 58.6 Å².